The predicted molar refractivity (Wildman–Crippen MR) is 80.3 cm³/mol. The van der Waals surface area contributed by atoms with Gasteiger partial charge in [-0.05, 0) is 5.56 Å². The molecule has 5 heteroatoms. The largest absolute Gasteiger partial charge is 0.433 e. The molecule has 1 aliphatic rings. The van der Waals surface area contributed by atoms with Crippen molar-refractivity contribution in [2.75, 3.05) is 0 Å². The standard InChI is InChI=1S/C16H13N3O2/c20-16-18-15(14(21-16)13-9-5-2-6-10-13)19-17-11-12-7-3-1-4-8-12/h1-11,14H,(H,18,19,20)/b17-11+. The fourth-order valence-corrected chi connectivity index (χ4v) is 1.99. The lowest BCUT2D eigenvalue weighted by Gasteiger charge is -2.07. The van der Waals surface area contributed by atoms with Crippen molar-refractivity contribution in [1.29, 1.82) is 0 Å². The van der Waals surface area contributed by atoms with Gasteiger partial charge in [-0.1, -0.05) is 60.7 Å². The van der Waals surface area contributed by atoms with Crippen molar-refractivity contribution in [2.24, 2.45) is 10.2 Å². The van der Waals surface area contributed by atoms with Crippen molar-refractivity contribution in [3.05, 3.63) is 71.8 Å². The number of nitrogens with zero attached hydrogens (tertiary/aromatic N) is 2. The van der Waals surface area contributed by atoms with E-state index in [4.69, 9.17) is 4.74 Å². The van der Waals surface area contributed by atoms with E-state index >= 15 is 0 Å². The fraction of sp³-hybridized carbons (Fsp3) is 0.0625. The van der Waals surface area contributed by atoms with E-state index in [1.165, 1.54) is 0 Å². The maximum absolute atomic E-state index is 11.4. The Morgan fingerprint density at radius 2 is 1.67 bits per heavy atom. The molecule has 0 aromatic heterocycles. The zero-order valence-electron chi connectivity index (χ0n) is 11.1. The van der Waals surface area contributed by atoms with Crippen LogP contribution in [0.2, 0.25) is 0 Å². The number of carbonyl (C=O) groups excluding carboxylic acids is 1. The number of amidine groups is 1. The number of cyclic esters (lactones) is 1. The highest BCUT2D eigenvalue weighted by Crippen LogP contribution is 2.22. The lowest BCUT2D eigenvalue weighted by molar-refractivity contribution is 0.150. The Morgan fingerprint density at radius 3 is 2.38 bits per heavy atom. The van der Waals surface area contributed by atoms with Crippen LogP contribution >= 0.6 is 0 Å². The summed E-state index contributed by atoms with van der Waals surface area (Å²) in [5, 5.41) is 10.6. The molecule has 5 nitrogen and oxygen atoms in total. The predicted octanol–water partition coefficient (Wildman–Crippen LogP) is 2.90. The molecule has 0 saturated carbocycles. The number of hydrogen-bond donors (Lipinski definition) is 1. The van der Waals surface area contributed by atoms with Gasteiger partial charge in [-0.25, -0.2) is 4.79 Å². The molecule has 1 unspecified atom stereocenters. The van der Waals surface area contributed by atoms with Crippen LogP contribution in [0, 0.1) is 0 Å². The van der Waals surface area contributed by atoms with E-state index in [1.54, 1.807) is 6.21 Å². The van der Waals surface area contributed by atoms with E-state index in [0.717, 1.165) is 11.1 Å². The summed E-state index contributed by atoms with van der Waals surface area (Å²) in [6, 6.07) is 19.0. The van der Waals surface area contributed by atoms with Gasteiger partial charge >= 0.3 is 6.09 Å². The van der Waals surface area contributed by atoms with Gasteiger partial charge in [-0.2, -0.15) is 5.10 Å². The number of benzene rings is 2. The first-order chi connectivity index (χ1) is 10.3. The van der Waals surface area contributed by atoms with E-state index in [1.807, 2.05) is 60.7 Å². The third-order valence-electron chi connectivity index (χ3n) is 2.98. The minimum Gasteiger partial charge on any atom is -0.433 e. The summed E-state index contributed by atoms with van der Waals surface area (Å²) in [5.41, 5.74) is 1.79. The summed E-state index contributed by atoms with van der Waals surface area (Å²) in [6.07, 6.45) is 0.573. The second-order valence-corrected chi connectivity index (χ2v) is 4.46. The maximum atomic E-state index is 11.4. The number of carbonyl (C=O) groups is 1. The average Bonchev–Trinajstić information content (AvgIpc) is 2.90. The molecule has 2 aromatic carbocycles. The second kappa shape index (κ2) is 6.00. The number of hydrogen-bond acceptors (Lipinski definition) is 4. The highest BCUT2D eigenvalue weighted by atomic mass is 16.6. The molecule has 1 amide bonds. The van der Waals surface area contributed by atoms with Gasteiger partial charge in [0.05, 0.1) is 6.21 Å². The van der Waals surface area contributed by atoms with Gasteiger partial charge in [0.15, 0.2) is 11.9 Å². The normalized spacial score (nSPS) is 19.7. The number of nitrogens with one attached hydrogen (secondary N) is 1. The van der Waals surface area contributed by atoms with Crippen LogP contribution in [0.25, 0.3) is 0 Å². The van der Waals surface area contributed by atoms with Gasteiger partial charge in [0.25, 0.3) is 0 Å². The van der Waals surface area contributed by atoms with E-state index in [-0.39, 0.29) is 0 Å². The van der Waals surface area contributed by atoms with Gasteiger partial charge in [-0.15, -0.1) is 5.10 Å². The minimum absolute atomic E-state index is 0.387. The van der Waals surface area contributed by atoms with Crippen molar-refractivity contribution in [3.63, 3.8) is 0 Å². The molecular weight excluding hydrogens is 266 g/mol. The first-order valence-corrected chi connectivity index (χ1v) is 6.51. The number of rotatable bonds is 3. The smallest absolute Gasteiger partial charge is 0.413 e. The molecule has 0 radical (unpaired) electrons. The fourth-order valence-electron chi connectivity index (χ4n) is 1.99. The molecule has 104 valence electrons. The van der Waals surface area contributed by atoms with Crippen molar-refractivity contribution < 1.29 is 9.53 Å². The lowest BCUT2D eigenvalue weighted by Crippen LogP contribution is -2.21. The Kier molecular flexibility index (Phi) is 3.73. The van der Waals surface area contributed by atoms with Gasteiger partial charge in [0.1, 0.15) is 0 Å². The number of ether oxygens (including phenoxy) is 1. The molecule has 0 aliphatic carbocycles. The first-order valence-electron chi connectivity index (χ1n) is 6.51. The van der Waals surface area contributed by atoms with Crippen molar-refractivity contribution in [1.82, 2.24) is 5.32 Å². The van der Waals surface area contributed by atoms with Crippen LogP contribution in [0.15, 0.2) is 70.9 Å². The summed E-state index contributed by atoms with van der Waals surface area (Å²) in [5.74, 6) is 0.387. The summed E-state index contributed by atoms with van der Waals surface area (Å²) < 4.78 is 5.21. The second-order valence-electron chi connectivity index (χ2n) is 4.46. The van der Waals surface area contributed by atoms with Crippen LogP contribution in [0.1, 0.15) is 17.2 Å². The molecule has 1 aliphatic heterocycles. The highest BCUT2D eigenvalue weighted by Gasteiger charge is 2.31. The molecule has 1 heterocycles. The summed E-state index contributed by atoms with van der Waals surface area (Å²) >= 11 is 0. The molecule has 1 saturated heterocycles. The quantitative estimate of drug-likeness (QED) is 0.693. The Balaban J connectivity index is 1.81. The SMILES string of the molecule is O=C1NC(=N/N=C/c2ccccc2)C(c2ccccc2)O1. The van der Waals surface area contributed by atoms with Crippen LogP contribution in [0.4, 0.5) is 4.79 Å². The molecule has 1 fully saturated rings. The maximum Gasteiger partial charge on any atom is 0.413 e. The summed E-state index contributed by atoms with van der Waals surface area (Å²) in [6.45, 7) is 0. The van der Waals surface area contributed by atoms with Crippen molar-refractivity contribution in [2.45, 2.75) is 6.10 Å². The van der Waals surface area contributed by atoms with Gasteiger partial charge in [0, 0.05) is 5.56 Å². The molecular formula is C16H13N3O2. The average molecular weight is 279 g/mol. The molecule has 1 atom stereocenters. The molecule has 2 aromatic rings. The van der Waals surface area contributed by atoms with Gasteiger partial charge < -0.3 is 4.74 Å². The molecule has 3 rings (SSSR count). The van der Waals surface area contributed by atoms with Gasteiger partial charge in [0.2, 0.25) is 0 Å². The first kappa shape index (κ1) is 13.1. The zero-order chi connectivity index (χ0) is 14.5. The molecule has 21 heavy (non-hydrogen) atoms. The lowest BCUT2D eigenvalue weighted by atomic mass is 10.1. The van der Waals surface area contributed by atoms with Crippen LogP contribution in [0.3, 0.4) is 0 Å². The van der Waals surface area contributed by atoms with E-state index in [9.17, 15) is 4.79 Å². The van der Waals surface area contributed by atoms with Gasteiger partial charge in [-0.3, -0.25) is 5.32 Å². The highest BCUT2D eigenvalue weighted by molar-refractivity contribution is 6.03. The topological polar surface area (TPSA) is 63.0 Å². The number of amides is 1. The van der Waals surface area contributed by atoms with Crippen LogP contribution in [-0.2, 0) is 4.74 Å². The van der Waals surface area contributed by atoms with E-state index in [2.05, 4.69) is 15.5 Å². The monoisotopic (exact) mass is 279 g/mol. The zero-order valence-corrected chi connectivity index (χ0v) is 11.1. The minimum atomic E-state index is -0.536. The van der Waals surface area contributed by atoms with Crippen LogP contribution in [0.5, 0.6) is 0 Å². The summed E-state index contributed by atoms with van der Waals surface area (Å²) in [4.78, 5) is 11.4. The Labute approximate surface area is 122 Å². The molecule has 0 bridgehead atoms. The van der Waals surface area contributed by atoms with E-state index < -0.39 is 12.2 Å². The number of alkyl carbamates (subject to hydrolysis) is 1. The summed E-state index contributed by atoms with van der Waals surface area (Å²) in [7, 11) is 0. The third-order valence-corrected chi connectivity index (χ3v) is 2.98. The van der Waals surface area contributed by atoms with E-state index in [0.29, 0.717) is 5.84 Å². The Morgan fingerprint density at radius 1 is 1.00 bits per heavy atom. The third kappa shape index (κ3) is 3.14. The molecule has 0 spiro atoms. The Hall–Kier alpha value is -2.95. The van der Waals surface area contributed by atoms with Crippen LogP contribution < -0.4 is 5.32 Å². The Bertz CT molecular complexity index is 681. The van der Waals surface area contributed by atoms with Crippen molar-refractivity contribution >= 4 is 18.1 Å². The van der Waals surface area contributed by atoms with Crippen molar-refractivity contribution in [3.8, 4) is 0 Å². The van der Waals surface area contributed by atoms with Crippen LogP contribution in [-0.4, -0.2) is 18.1 Å². The molecule has 1 N–H and O–H groups in total.